The molecule has 1 aromatic carbocycles. The lowest BCUT2D eigenvalue weighted by atomic mass is 10.1. The summed E-state index contributed by atoms with van der Waals surface area (Å²) in [6.07, 6.45) is 3.42. The van der Waals surface area contributed by atoms with Crippen molar-refractivity contribution in [1.82, 2.24) is 0 Å². The molecule has 1 unspecified atom stereocenters. The molecule has 0 bridgehead atoms. The summed E-state index contributed by atoms with van der Waals surface area (Å²) in [7, 11) is 0. The van der Waals surface area contributed by atoms with Gasteiger partial charge in [0.2, 0.25) is 0 Å². The number of ether oxygens (including phenoxy) is 1. The smallest absolute Gasteiger partial charge is 0.136 e. The van der Waals surface area contributed by atoms with Gasteiger partial charge in [0.1, 0.15) is 11.9 Å². The van der Waals surface area contributed by atoms with E-state index in [1.807, 2.05) is 36.4 Å². The van der Waals surface area contributed by atoms with Gasteiger partial charge in [-0.1, -0.05) is 30.3 Å². The van der Waals surface area contributed by atoms with Crippen molar-refractivity contribution in [1.29, 1.82) is 0 Å². The molecule has 74 valence electrons. The monoisotopic (exact) mass is 190 g/mol. The van der Waals surface area contributed by atoms with Gasteiger partial charge in [-0.2, -0.15) is 0 Å². The Morgan fingerprint density at radius 3 is 2.64 bits per heavy atom. The van der Waals surface area contributed by atoms with Crippen LogP contribution in [0, 0.1) is 0 Å². The van der Waals surface area contributed by atoms with Crippen molar-refractivity contribution in [2.75, 3.05) is 6.61 Å². The van der Waals surface area contributed by atoms with E-state index in [0.29, 0.717) is 5.76 Å². The average molecular weight is 190 g/mol. The van der Waals surface area contributed by atoms with E-state index in [9.17, 15) is 5.11 Å². The second-order valence-electron chi connectivity index (χ2n) is 3.41. The maximum absolute atomic E-state index is 9.95. The molecule has 2 rings (SSSR count). The van der Waals surface area contributed by atoms with E-state index in [1.54, 1.807) is 0 Å². The van der Waals surface area contributed by atoms with E-state index in [-0.39, 0.29) is 0 Å². The van der Waals surface area contributed by atoms with Crippen molar-refractivity contribution in [3.05, 3.63) is 47.7 Å². The van der Waals surface area contributed by atoms with Gasteiger partial charge >= 0.3 is 0 Å². The van der Waals surface area contributed by atoms with Gasteiger partial charge < -0.3 is 9.84 Å². The molecular weight excluding hydrogens is 176 g/mol. The number of hydrogen-bond donors (Lipinski definition) is 1. The molecule has 0 aliphatic carbocycles. The molecule has 0 spiro atoms. The molecular formula is C12H14O2. The molecule has 0 radical (unpaired) electrons. The molecule has 0 fully saturated rings. The van der Waals surface area contributed by atoms with Crippen molar-refractivity contribution in [3.63, 3.8) is 0 Å². The van der Waals surface area contributed by atoms with Crippen LogP contribution in [0.15, 0.2) is 42.2 Å². The van der Waals surface area contributed by atoms with E-state index in [1.165, 1.54) is 0 Å². The highest BCUT2D eigenvalue weighted by Gasteiger charge is 2.16. The third-order valence-electron chi connectivity index (χ3n) is 2.35. The first-order chi connectivity index (χ1) is 6.88. The Hall–Kier alpha value is -1.28. The Kier molecular flexibility index (Phi) is 2.84. The first-order valence-corrected chi connectivity index (χ1v) is 4.94. The quantitative estimate of drug-likeness (QED) is 0.776. The summed E-state index contributed by atoms with van der Waals surface area (Å²) < 4.78 is 5.41. The fourth-order valence-electron chi connectivity index (χ4n) is 1.57. The lowest BCUT2D eigenvalue weighted by molar-refractivity contribution is 0.0918. The maximum atomic E-state index is 9.95. The Morgan fingerprint density at radius 2 is 2.00 bits per heavy atom. The molecule has 2 nitrogen and oxygen atoms in total. The van der Waals surface area contributed by atoms with Crippen molar-refractivity contribution in [3.8, 4) is 0 Å². The van der Waals surface area contributed by atoms with E-state index in [4.69, 9.17) is 4.74 Å². The Balaban J connectivity index is 2.15. The predicted octanol–water partition coefficient (Wildman–Crippen LogP) is 2.41. The van der Waals surface area contributed by atoms with Crippen LogP contribution in [0.2, 0.25) is 0 Å². The highest BCUT2D eigenvalue weighted by atomic mass is 16.5. The second kappa shape index (κ2) is 4.29. The second-order valence-corrected chi connectivity index (χ2v) is 3.41. The molecule has 1 N–H and O–H groups in total. The van der Waals surface area contributed by atoms with Crippen LogP contribution >= 0.6 is 0 Å². The minimum Gasteiger partial charge on any atom is -0.495 e. The van der Waals surface area contributed by atoms with Gasteiger partial charge in [0.25, 0.3) is 0 Å². The Morgan fingerprint density at radius 1 is 1.21 bits per heavy atom. The molecule has 1 heterocycles. The number of aliphatic hydroxyl groups excluding tert-OH is 1. The number of aliphatic hydroxyl groups is 1. The zero-order chi connectivity index (χ0) is 9.80. The fraction of sp³-hybridized carbons (Fsp3) is 0.333. The normalized spacial score (nSPS) is 18.2. The average Bonchev–Trinajstić information content (AvgIpc) is 2.30. The van der Waals surface area contributed by atoms with Crippen LogP contribution in [0.5, 0.6) is 0 Å². The van der Waals surface area contributed by atoms with Crippen LogP contribution in [-0.4, -0.2) is 11.7 Å². The summed E-state index contributed by atoms with van der Waals surface area (Å²) in [6, 6.07) is 9.59. The van der Waals surface area contributed by atoms with Crippen molar-refractivity contribution in [2.45, 2.75) is 18.9 Å². The lowest BCUT2D eigenvalue weighted by Gasteiger charge is -2.19. The summed E-state index contributed by atoms with van der Waals surface area (Å²) in [5, 5.41) is 9.95. The number of hydrogen-bond acceptors (Lipinski definition) is 2. The molecule has 0 amide bonds. The van der Waals surface area contributed by atoms with Crippen molar-refractivity contribution < 1.29 is 9.84 Å². The summed E-state index contributed by atoms with van der Waals surface area (Å²) in [4.78, 5) is 0. The van der Waals surface area contributed by atoms with Crippen molar-refractivity contribution in [2.24, 2.45) is 0 Å². The van der Waals surface area contributed by atoms with E-state index < -0.39 is 6.10 Å². The third-order valence-corrected chi connectivity index (χ3v) is 2.35. The van der Waals surface area contributed by atoms with Crippen molar-refractivity contribution >= 4 is 0 Å². The first kappa shape index (κ1) is 9.28. The predicted molar refractivity (Wildman–Crippen MR) is 54.7 cm³/mol. The largest absolute Gasteiger partial charge is 0.495 e. The summed E-state index contributed by atoms with van der Waals surface area (Å²) in [5.41, 5.74) is 0.889. The zero-order valence-electron chi connectivity index (χ0n) is 8.02. The first-order valence-electron chi connectivity index (χ1n) is 4.94. The Bertz CT molecular complexity index is 316. The van der Waals surface area contributed by atoms with Crippen LogP contribution in [-0.2, 0) is 4.74 Å². The highest BCUT2D eigenvalue weighted by molar-refractivity contribution is 5.23. The number of allylic oxidation sites excluding steroid dienone is 1. The number of benzene rings is 1. The van der Waals surface area contributed by atoms with Gasteiger partial charge in [-0.3, -0.25) is 0 Å². The maximum Gasteiger partial charge on any atom is 0.136 e. The summed E-state index contributed by atoms with van der Waals surface area (Å²) in [5.74, 6) is 0.697. The van der Waals surface area contributed by atoms with Gasteiger partial charge in [-0.15, -0.1) is 0 Å². The molecule has 14 heavy (non-hydrogen) atoms. The number of rotatable bonds is 2. The van der Waals surface area contributed by atoms with Gasteiger partial charge in [0, 0.05) is 0 Å². The molecule has 2 heteroatoms. The van der Waals surface area contributed by atoms with Crippen LogP contribution in [0.3, 0.4) is 0 Å². The molecule has 1 atom stereocenters. The van der Waals surface area contributed by atoms with Gasteiger partial charge in [-0.25, -0.2) is 0 Å². The molecule has 0 saturated carbocycles. The van der Waals surface area contributed by atoms with Gasteiger partial charge in [0.15, 0.2) is 0 Å². The summed E-state index contributed by atoms with van der Waals surface area (Å²) >= 11 is 0. The van der Waals surface area contributed by atoms with Crippen LogP contribution in [0.25, 0.3) is 0 Å². The lowest BCUT2D eigenvalue weighted by Crippen LogP contribution is -2.09. The minimum absolute atomic E-state index is 0.600. The minimum atomic E-state index is -0.600. The van der Waals surface area contributed by atoms with E-state index >= 15 is 0 Å². The molecule has 1 aromatic rings. The molecule has 0 saturated heterocycles. The third kappa shape index (κ3) is 1.96. The van der Waals surface area contributed by atoms with E-state index in [2.05, 4.69) is 0 Å². The van der Waals surface area contributed by atoms with Gasteiger partial charge in [0.05, 0.1) is 6.61 Å². The highest BCUT2D eigenvalue weighted by Crippen LogP contribution is 2.25. The van der Waals surface area contributed by atoms with Crippen LogP contribution in [0.4, 0.5) is 0 Å². The van der Waals surface area contributed by atoms with Crippen LogP contribution < -0.4 is 0 Å². The topological polar surface area (TPSA) is 29.5 Å². The zero-order valence-corrected chi connectivity index (χ0v) is 8.02. The molecule has 1 aliphatic rings. The SMILES string of the molecule is OC(C1=CCCCO1)c1ccccc1. The Labute approximate surface area is 83.8 Å². The van der Waals surface area contributed by atoms with Gasteiger partial charge in [-0.05, 0) is 24.5 Å². The molecule has 1 aliphatic heterocycles. The standard InChI is InChI=1S/C12H14O2/c13-12(10-6-2-1-3-7-10)11-8-4-5-9-14-11/h1-3,6-8,12-13H,4-5,9H2. The molecule has 0 aromatic heterocycles. The summed E-state index contributed by atoms with van der Waals surface area (Å²) in [6.45, 7) is 0.718. The fourth-order valence-corrected chi connectivity index (χ4v) is 1.57. The van der Waals surface area contributed by atoms with Crippen LogP contribution in [0.1, 0.15) is 24.5 Å². The van der Waals surface area contributed by atoms with E-state index in [0.717, 1.165) is 25.0 Å².